The fourth-order valence-electron chi connectivity index (χ4n) is 0.852. The summed E-state index contributed by atoms with van der Waals surface area (Å²) in [5, 5.41) is 9.15. The molecule has 6 heteroatoms. The molecule has 2 heterocycles. The lowest BCUT2D eigenvalue weighted by molar-refractivity contribution is 0.691. The Morgan fingerprint density at radius 2 is 2.50 bits per heavy atom. The molecule has 12 heavy (non-hydrogen) atoms. The monoisotopic (exact) mass is 179 g/mol. The number of hydrogen-bond acceptors (Lipinski definition) is 4. The van der Waals surface area contributed by atoms with Gasteiger partial charge in [-0.3, -0.25) is 4.98 Å². The maximum atomic E-state index is 4.90. The quantitative estimate of drug-likeness (QED) is 0.603. The average Bonchev–Trinajstić information content (AvgIpc) is 2.53. The first-order valence-electron chi connectivity index (χ1n) is 3.28. The van der Waals surface area contributed by atoms with Gasteiger partial charge >= 0.3 is 10.3 Å². The van der Waals surface area contributed by atoms with Crippen molar-refractivity contribution in [1.29, 1.82) is 0 Å². The van der Waals surface area contributed by atoms with Crippen LogP contribution in [0.15, 0.2) is 24.5 Å². The van der Waals surface area contributed by atoms with E-state index in [0.717, 1.165) is 5.69 Å². The van der Waals surface area contributed by atoms with E-state index < -0.39 is 0 Å². The van der Waals surface area contributed by atoms with E-state index in [2.05, 4.69) is 20.9 Å². The van der Waals surface area contributed by atoms with Crippen molar-refractivity contribution in [2.75, 3.05) is 5.01 Å². The van der Waals surface area contributed by atoms with Gasteiger partial charge < -0.3 is 0 Å². The predicted octanol–water partition coefficient (Wildman–Crippen LogP) is -0.270. The summed E-state index contributed by atoms with van der Waals surface area (Å²) in [5.74, 6) is 0. The molecule has 0 bridgehead atoms. The number of nitrogens with zero attached hydrogens (tertiary/aromatic N) is 4. The summed E-state index contributed by atoms with van der Waals surface area (Å²) in [6, 6.07) is 3.68. The zero-order valence-corrected chi connectivity index (χ0v) is 6.82. The molecule has 5 nitrogen and oxygen atoms in total. The third-order valence-corrected chi connectivity index (χ3v) is 1.64. The van der Waals surface area contributed by atoms with Crippen molar-refractivity contribution in [3.8, 4) is 0 Å². The maximum Gasteiger partial charge on any atom is 0.501 e. The molecule has 1 aromatic heterocycles. The summed E-state index contributed by atoms with van der Waals surface area (Å²) in [4.78, 5) is 3.94. The summed E-state index contributed by atoms with van der Waals surface area (Å²) < 4.78 is 0. The van der Waals surface area contributed by atoms with Gasteiger partial charge in [-0.1, -0.05) is 0 Å². The lowest BCUT2D eigenvalue weighted by Gasteiger charge is -1.97. The van der Waals surface area contributed by atoms with E-state index in [0.29, 0.717) is 5.11 Å². The molecule has 0 saturated carbocycles. The number of anilines is 1. The number of thiocarbonyl (C=S) groups is 1. The van der Waals surface area contributed by atoms with Crippen LogP contribution in [0.3, 0.4) is 0 Å². The Morgan fingerprint density at radius 3 is 3.08 bits per heavy atom. The van der Waals surface area contributed by atoms with Crippen LogP contribution in [0, 0.1) is 0 Å². The maximum absolute atomic E-state index is 4.90. The van der Waals surface area contributed by atoms with Crippen molar-refractivity contribution in [1.82, 2.24) is 20.9 Å². The van der Waals surface area contributed by atoms with E-state index in [1.807, 2.05) is 12.1 Å². The second-order valence-electron chi connectivity index (χ2n) is 2.13. The number of aromatic nitrogens is 1. The number of hydrogen-bond donors (Lipinski definition) is 1. The zero-order chi connectivity index (χ0) is 8.39. The summed E-state index contributed by atoms with van der Waals surface area (Å²) in [7, 11) is 0. The lowest BCUT2D eigenvalue weighted by atomic mass is 10.4. The molecule has 0 aliphatic carbocycles. The second-order valence-corrected chi connectivity index (χ2v) is 2.49. The highest BCUT2D eigenvalue weighted by molar-refractivity contribution is 7.80. The molecule has 0 aromatic carbocycles. The topological polar surface area (TPSA) is 56.4 Å². The molecule has 2 radical (unpaired) electrons. The van der Waals surface area contributed by atoms with Crippen molar-refractivity contribution < 1.29 is 0 Å². The summed E-state index contributed by atoms with van der Waals surface area (Å²) in [6.45, 7) is 0. The Labute approximate surface area is 74.1 Å². The first-order valence-corrected chi connectivity index (χ1v) is 3.69. The van der Waals surface area contributed by atoms with Gasteiger partial charge in [0.15, 0.2) is 5.69 Å². The van der Waals surface area contributed by atoms with Crippen molar-refractivity contribution >= 4 is 23.0 Å². The van der Waals surface area contributed by atoms with Gasteiger partial charge in [0.25, 0.3) is 5.11 Å². The van der Waals surface area contributed by atoms with Crippen LogP contribution < -0.4 is 20.9 Å². The van der Waals surface area contributed by atoms with Gasteiger partial charge in [0.05, 0.1) is 6.20 Å². The largest absolute Gasteiger partial charge is 0.501 e. The highest BCUT2D eigenvalue weighted by Gasteiger charge is 2.37. The number of nitrogens with one attached hydrogen (secondary N) is 1. The van der Waals surface area contributed by atoms with Crippen LogP contribution in [0.5, 0.6) is 0 Å². The summed E-state index contributed by atoms with van der Waals surface area (Å²) >= 11 is 4.90. The van der Waals surface area contributed by atoms with Gasteiger partial charge in [-0.2, -0.15) is 0 Å². The van der Waals surface area contributed by atoms with Crippen molar-refractivity contribution in [2.24, 2.45) is 0 Å². The first kappa shape index (κ1) is 7.11. The molecular formula is C6H5N5S+2. The minimum Gasteiger partial charge on any atom is -0.261 e. The van der Waals surface area contributed by atoms with E-state index >= 15 is 0 Å². The fourth-order valence-corrected chi connectivity index (χ4v) is 1.04. The van der Waals surface area contributed by atoms with Gasteiger partial charge in [0, 0.05) is 18.4 Å². The minimum absolute atomic E-state index is 0.392. The Hall–Kier alpha value is -1.56. The molecule has 1 N–H and O–H groups in total. The van der Waals surface area contributed by atoms with Crippen molar-refractivity contribution in [3.63, 3.8) is 0 Å². The molecular weight excluding hydrogens is 174 g/mol. The van der Waals surface area contributed by atoms with Gasteiger partial charge in [-0.15, -0.1) is 0 Å². The van der Waals surface area contributed by atoms with Gasteiger partial charge in [-0.05, 0) is 17.1 Å². The molecule has 1 aliphatic heterocycles. The third kappa shape index (κ3) is 1.12. The van der Waals surface area contributed by atoms with Gasteiger partial charge in [0.2, 0.25) is 0 Å². The molecule has 0 saturated heterocycles. The smallest absolute Gasteiger partial charge is 0.261 e. The van der Waals surface area contributed by atoms with Gasteiger partial charge in [-0.25, -0.2) is 0 Å². The molecule has 0 atom stereocenters. The Morgan fingerprint density at radius 1 is 1.58 bits per heavy atom. The standard InChI is InChI=1S/C6H5N5S/c12-6-8-9-10-11(6)5-2-1-3-7-4-5/h1-4,10H/q+2. The van der Waals surface area contributed by atoms with Crippen LogP contribution in [-0.4, -0.2) is 10.1 Å². The molecule has 2 rings (SSSR count). The van der Waals surface area contributed by atoms with Crippen LogP contribution >= 0.6 is 12.2 Å². The van der Waals surface area contributed by atoms with E-state index in [4.69, 9.17) is 12.2 Å². The molecule has 1 aromatic rings. The first-order chi connectivity index (χ1) is 5.88. The normalized spacial score (nSPS) is 15.0. The molecule has 0 unspecified atom stereocenters. The zero-order valence-electron chi connectivity index (χ0n) is 6.01. The predicted molar refractivity (Wildman–Crippen MR) is 46.7 cm³/mol. The molecule has 0 amide bonds. The molecule has 58 valence electrons. The Bertz CT molecular complexity index is 322. The number of rotatable bonds is 1. The van der Waals surface area contributed by atoms with Gasteiger partial charge in [0.1, 0.15) is 5.53 Å². The number of hydrazine groups is 1. The van der Waals surface area contributed by atoms with Crippen LogP contribution in [0.2, 0.25) is 0 Å². The van der Waals surface area contributed by atoms with E-state index in [-0.39, 0.29) is 0 Å². The minimum atomic E-state index is 0.392. The fraction of sp³-hybridized carbons (Fsp3) is 0. The highest BCUT2D eigenvalue weighted by atomic mass is 32.1. The average molecular weight is 179 g/mol. The summed E-state index contributed by atoms with van der Waals surface area (Å²) in [5.41, 5.74) is 3.46. The number of pyridine rings is 1. The van der Waals surface area contributed by atoms with Crippen molar-refractivity contribution in [2.45, 2.75) is 0 Å². The molecule has 0 fully saturated rings. The SMILES string of the molecule is S=C1[N+]=[N+]NN1c1cccnc1. The van der Waals surface area contributed by atoms with Crippen molar-refractivity contribution in [3.05, 3.63) is 24.5 Å². The molecule has 0 spiro atoms. The van der Waals surface area contributed by atoms with Crippen LogP contribution in [0.4, 0.5) is 5.69 Å². The van der Waals surface area contributed by atoms with Crippen LogP contribution in [0.1, 0.15) is 0 Å². The molecule has 1 aliphatic rings. The van der Waals surface area contributed by atoms with E-state index in [9.17, 15) is 0 Å². The third-order valence-electron chi connectivity index (χ3n) is 1.38. The second kappa shape index (κ2) is 2.82. The summed E-state index contributed by atoms with van der Waals surface area (Å²) in [6.07, 6.45) is 3.37. The lowest BCUT2D eigenvalue weighted by Crippen LogP contribution is -2.36. The van der Waals surface area contributed by atoms with Crippen LogP contribution in [0.25, 0.3) is 0 Å². The Balaban J connectivity index is 2.27. The van der Waals surface area contributed by atoms with E-state index in [1.54, 1.807) is 17.4 Å². The Kier molecular flexibility index (Phi) is 1.67. The highest BCUT2D eigenvalue weighted by Crippen LogP contribution is 2.09. The van der Waals surface area contributed by atoms with E-state index in [1.165, 1.54) is 0 Å². The van der Waals surface area contributed by atoms with Crippen LogP contribution in [-0.2, 0) is 0 Å².